The lowest BCUT2D eigenvalue weighted by molar-refractivity contribution is -0.670. The van der Waals surface area contributed by atoms with E-state index in [9.17, 15) is 18.0 Å². The number of sulfonamides is 1. The van der Waals surface area contributed by atoms with Gasteiger partial charge in [-0.15, -0.1) is 0 Å². The summed E-state index contributed by atoms with van der Waals surface area (Å²) in [6.07, 6.45) is 8.11. The molecule has 4 rings (SSSR count). The molecule has 0 aliphatic carbocycles. The van der Waals surface area contributed by atoms with Crippen molar-refractivity contribution in [2.75, 3.05) is 44.1 Å². The molecule has 3 atom stereocenters. The van der Waals surface area contributed by atoms with Crippen LogP contribution in [0.1, 0.15) is 37.7 Å². The highest BCUT2D eigenvalue weighted by atomic mass is 32.2. The van der Waals surface area contributed by atoms with Crippen molar-refractivity contribution in [3.63, 3.8) is 0 Å². The van der Waals surface area contributed by atoms with Crippen molar-refractivity contribution < 1.29 is 32.0 Å². The Labute approximate surface area is 224 Å². The maximum atomic E-state index is 13.7. The number of nitrogens with one attached hydrogen (secondary N) is 1. The molecule has 2 aromatic rings. The van der Waals surface area contributed by atoms with E-state index in [0.29, 0.717) is 31.0 Å². The molecule has 0 radical (unpaired) electrons. The van der Waals surface area contributed by atoms with Crippen LogP contribution in [0.5, 0.6) is 11.5 Å². The number of ether oxygens (including phenoxy) is 2. The summed E-state index contributed by atoms with van der Waals surface area (Å²) in [7, 11) is -1.46. The Bertz CT molecular complexity index is 1250. The summed E-state index contributed by atoms with van der Waals surface area (Å²) < 4.78 is 38.8. The number of nitrogens with zero attached hydrogens (tertiary/aromatic N) is 3. The minimum Gasteiger partial charge on any atom is -0.454 e. The average molecular weight is 546 g/mol. The molecule has 0 unspecified atom stereocenters. The summed E-state index contributed by atoms with van der Waals surface area (Å²) in [6.45, 7) is 3.63. The Morgan fingerprint density at radius 1 is 1.26 bits per heavy atom. The summed E-state index contributed by atoms with van der Waals surface area (Å²) >= 11 is 0. The normalized spacial score (nSPS) is 21.0. The average Bonchev–Trinajstić information content (AvgIpc) is 3.47. The Hall–Kier alpha value is -3.02. The number of likely N-dealkylation sites (tertiary alicyclic amines) is 1. The van der Waals surface area contributed by atoms with Crippen LogP contribution in [0.3, 0.4) is 0 Å². The maximum absolute atomic E-state index is 13.7. The number of carbonyl (C=O) groups is 2. The van der Waals surface area contributed by atoms with Gasteiger partial charge in [-0.3, -0.25) is 9.69 Å². The number of unbranched alkanes of at least 4 members (excludes halogenated alkanes) is 1. The number of benzene rings is 1. The second-order valence-electron chi connectivity index (χ2n) is 10.0. The first-order valence-corrected chi connectivity index (χ1v) is 14.9. The number of aldehydes is 1. The lowest BCUT2D eigenvalue weighted by Crippen LogP contribution is -2.45. The molecule has 0 bridgehead atoms. The molecule has 1 fully saturated rings. The van der Waals surface area contributed by atoms with Gasteiger partial charge >= 0.3 is 0 Å². The highest BCUT2D eigenvalue weighted by Crippen LogP contribution is 2.41. The van der Waals surface area contributed by atoms with E-state index in [1.807, 2.05) is 59.2 Å². The number of rotatable bonds is 12. The monoisotopic (exact) mass is 545 g/mol. The molecule has 3 heterocycles. The molecule has 2 aliphatic rings. The quantitative estimate of drug-likeness (QED) is 0.319. The van der Waals surface area contributed by atoms with Gasteiger partial charge in [-0.25, -0.2) is 17.7 Å². The zero-order chi connectivity index (χ0) is 27.3. The van der Waals surface area contributed by atoms with Gasteiger partial charge in [0.2, 0.25) is 22.7 Å². The van der Waals surface area contributed by atoms with Crippen LogP contribution in [0.25, 0.3) is 0 Å². The standard InChI is InChI=1S/C27H37N4O6S/c1-4-5-13-31(21-7-6-12-29(2)15-21)27(33)17-30-16-22(20-8-9-25-26(14-20)37-19-36-25)23(18-32)24(30)10-11-28-38(3,34)35/h6-9,12,14-15,18,22-24,28H,4-5,10-11,13,16-17,19H2,1-3H3/q+1/t22-,23-,24+/m1/s1. The highest BCUT2D eigenvalue weighted by Gasteiger charge is 2.43. The van der Waals surface area contributed by atoms with Crippen LogP contribution in [0.2, 0.25) is 0 Å². The molecule has 1 amide bonds. The lowest BCUT2D eigenvalue weighted by Gasteiger charge is -2.29. The topological polar surface area (TPSA) is 109 Å². The van der Waals surface area contributed by atoms with E-state index in [0.717, 1.165) is 36.6 Å². The molecular weight excluding hydrogens is 508 g/mol. The summed E-state index contributed by atoms with van der Waals surface area (Å²) in [5.41, 5.74) is 1.75. The fourth-order valence-electron chi connectivity index (χ4n) is 5.33. The number of carbonyl (C=O) groups excluding carboxylic acids is 2. The predicted molar refractivity (Wildman–Crippen MR) is 143 cm³/mol. The number of hydrogen-bond donors (Lipinski definition) is 1. The number of aryl methyl sites for hydroxylation is 1. The Morgan fingerprint density at radius 2 is 2.05 bits per heavy atom. The molecule has 38 heavy (non-hydrogen) atoms. The number of hydrogen-bond acceptors (Lipinski definition) is 7. The fourth-order valence-corrected chi connectivity index (χ4v) is 5.82. The SMILES string of the molecule is CCCCN(C(=O)CN1C[C@H](c2ccc3c(c2)OCO3)[C@@H](C=O)[C@@H]1CCNS(C)(=O)=O)c1ccc[n+](C)c1. The molecule has 1 N–H and O–H groups in total. The van der Waals surface area contributed by atoms with E-state index in [-0.39, 0.29) is 37.7 Å². The minimum absolute atomic E-state index is 0.0540. The number of fused-ring (bicyclic) bond motifs is 1. The molecule has 1 saturated heterocycles. The Balaban J connectivity index is 1.59. The van der Waals surface area contributed by atoms with E-state index in [1.165, 1.54) is 0 Å². The van der Waals surface area contributed by atoms with Crippen molar-refractivity contribution in [1.29, 1.82) is 0 Å². The number of amides is 1. The third-order valence-corrected chi connectivity index (χ3v) is 7.93. The van der Waals surface area contributed by atoms with E-state index < -0.39 is 15.9 Å². The zero-order valence-electron chi connectivity index (χ0n) is 22.2. The van der Waals surface area contributed by atoms with Crippen molar-refractivity contribution >= 4 is 27.9 Å². The van der Waals surface area contributed by atoms with Crippen LogP contribution in [-0.4, -0.2) is 70.8 Å². The first kappa shape index (κ1) is 28.0. The van der Waals surface area contributed by atoms with Crippen LogP contribution in [0.15, 0.2) is 42.7 Å². The molecular formula is C27H37N4O6S+. The van der Waals surface area contributed by atoms with Crippen molar-refractivity contribution in [2.24, 2.45) is 13.0 Å². The first-order valence-electron chi connectivity index (χ1n) is 13.0. The summed E-state index contributed by atoms with van der Waals surface area (Å²) in [4.78, 5) is 30.0. The summed E-state index contributed by atoms with van der Waals surface area (Å²) in [5.74, 6) is 0.666. The van der Waals surface area contributed by atoms with Crippen molar-refractivity contribution in [3.05, 3.63) is 48.3 Å². The highest BCUT2D eigenvalue weighted by molar-refractivity contribution is 7.88. The van der Waals surface area contributed by atoms with Gasteiger partial charge < -0.3 is 19.2 Å². The van der Waals surface area contributed by atoms with Crippen LogP contribution in [-0.2, 0) is 26.7 Å². The number of anilines is 1. The summed E-state index contributed by atoms with van der Waals surface area (Å²) in [5, 5.41) is 0. The predicted octanol–water partition coefficient (Wildman–Crippen LogP) is 1.60. The van der Waals surface area contributed by atoms with Crippen molar-refractivity contribution in [3.8, 4) is 11.5 Å². The van der Waals surface area contributed by atoms with Gasteiger partial charge in [-0.1, -0.05) is 19.4 Å². The van der Waals surface area contributed by atoms with Gasteiger partial charge in [0.05, 0.1) is 12.8 Å². The largest absolute Gasteiger partial charge is 0.454 e. The second kappa shape index (κ2) is 12.2. The van der Waals surface area contributed by atoms with Gasteiger partial charge in [0.25, 0.3) is 0 Å². The molecule has 1 aromatic carbocycles. The van der Waals surface area contributed by atoms with Gasteiger partial charge in [-0.2, -0.15) is 0 Å². The first-order chi connectivity index (χ1) is 18.2. The van der Waals surface area contributed by atoms with Crippen LogP contribution in [0, 0.1) is 5.92 Å². The molecule has 1 aromatic heterocycles. The van der Waals surface area contributed by atoms with Gasteiger partial charge in [-0.05, 0) is 36.6 Å². The van der Waals surface area contributed by atoms with Gasteiger partial charge in [0.1, 0.15) is 19.0 Å². The third kappa shape index (κ3) is 6.69. The van der Waals surface area contributed by atoms with Crippen LogP contribution < -0.4 is 23.7 Å². The Kier molecular flexibility index (Phi) is 9.01. The second-order valence-corrected chi connectivity index (χ2v) is 11.8. The fraction of sp³-hybridized carbons (Fsp3) is 0.519. The van der Waals surface area contributed by atoms with E-state index in [2.05, 4.69) is 11.6 Å². The van der Waals surface area contributed by atoms with Gasteiger partial charge in [0.15, 0.2) is 23.9 Å². The summed E-state index contributed by atoms with van der Waals surface area (Å²) in [6, 6.07) is 9.21. The zero-order valence-corrected chi connectivity index (χ0v) is 23.0. The lowest BCUT2D eigenvalue weighted by atomic mass is 9.85. The van der Waals surface area contributed by atoms with E-state index >= 15 is 0 Å². The molecule has 0 saturated carbocycles. The number of pyridine rings is 1. The molecule has 206 valence electrons. The maximum Gasteiger partial charge on any atom is 0.241 e. The van der Waals surface area contributed by atoms with E-state index in [1.54, 1.807) is 4.90 Å². The smallest absolute Gasteiger partial charge is 0.241 e. The van der Waals surface area contributed by atoms with Crippen LogP contribution >= 0.6 is 0 Å². The molecule has 0 spiro atoms. The third-order valence-electron chi connectivity index (χ3n) is 7.21. The van der Waals surface area contributed by atoms with Crippen LogP contribution in [0.4, 0.5) is 5.69 Å². The molecule has 10 nitrogen and oxygen atoms in total. The van der Waals surface area contributed by atoms with Crippen molar-refractivity contribution in [2.45, 2.75) is 38.1 Å². The van der Waals surface area contributed by atoms with E-state index in [4.69, 9.17) is 9.47 Å². The van der Waals surface area contributed by atoms with Gasteiger partial charge in [0, 0.05) is 43.6 Å². The number of aromatic nitrogens is 1. The minimum atomic E-state index is -3.38. The Morgan fingerprint density at radius 3 is 2.76 bits per heavy atom. The molecule has 2 aliphatic heterocycles. The molecule has 11 heteroatoms. The van der Waals surface area contributed by atoms with Crippen molar-refractivity contribution in [1.82, 2.24) is 9.62 Å².